The SMILES string of the molecule is COc1ccccc1C(=O)NC(C(=O)N1CCN(c2ccccc2C)CC1)C(C)C. The summed E-state index contributed by atoms with van der Waals surface area (Å²) in [4.78, 5) is 30.2. The van der Waals surface area contributed by atoms with Gasteiger partial charge in [-0.25, -0.2) is 0 Å². The molecular formula is C24H31N3O3. The Morgan fingerprint density at radius 1 is 0.967 bits per heavy atom. The lowest BCUT2D eigenvalue weighted by Gasteiger charge is -2.38. The molecule has 6 heteroatoms. The van der Waals surface area contributed by atoms with Gasteiger partial charge in [0.25, 0.3) is 5.91 Å². The highest BCUT2D eigenvalue weighted by Gasteiger charge is 2.31. The Hall–Kier alpha value is -3.02. The van der Waals surface area contributed by atoms with Gasteiger partial charge in [0.2, 0.25) is 5.91 Å². The molecule has 0 radical (unpaired) electrons. The van der Waals surface area contributed by atoms with Gasteiger partial charge < -0.3 is 19.9 Å². The molecule has 2 amide bonds. The van der Waals surface area contributed by atoms with E-state index in [4.69, 9.17) is 4.74 Å². The molecule has 1 fully saturated rings. The number of piperazine rings is 1. The van der Waals surface area contributed by atoms with E-state index in [-0.39, 0.29) is 17.7 Å². The molecule has 0 saturated carbocycles. The molecule has 6 nitrogen and oxygen atoms in total. The van der Waals surface area contributed by atoms with Crippen molar-refractivity contribution in [3.63, 3.8) is 0 Å². The standard InChI is InChI=1S/C24H31N3O3/c1-17(2)22(25-23(28)19-10-6-8-12-21(19)30-4)24(29)27-15-13-26(14-16-27)20-11-7-5-9-18(20)3/h5-12,17,22H,13-16H2,1-4H3,(H,25,28). The number of ether oxygens (including phenoxy) is 1. The summed E-state index contributed by atoms with van der Waals surface area (Å²) < 4.78 is 5.29. The van der Waals surface area contributed by atoms with E-state index in [1.165, 1.54) is 18.4 Å². The minimum atomic E-state index is -0.576. The van der Waals surface area contributed by atoms with Crippen LogP contribution in [0.3, 0.4) is 0 Å². The zero-order valence-corrected chi connectivity index (χ0v) is 18.2. The predicted molar refractivity (Wildman–Crippen MR) is 119 cm³/mol. The van der Waals surface area contributed by atoms with E-state index in [0.29, 0.717) is 24.4 Å². The van der Waals surface area contributed by atoms with Crippen molar-refractivity contribution in [1.82, 2.24) is 10.2 Å². The molecule has 2 aromatic carbocycles. The van der Waals surface area contributed by atoms with Crippen molar-refractivity contribution in [1.29, 1.82) is 0 Å². The van der Waals surface area contributed by atoms with Crippen LogP contribution in [0.2, 0.25) is 0 Å². The molecule has 1 unspecified atom stereocenters. The van der Waals surface area contributed by atoms with Gasteiger partial charge in [0.15, 0.2) is 0 Å². The number of nitrogens with zero attached hydrogens (tertiary/aromatic N) is 2. The van der Waals surface area contributed by atoms with Crippen molar-refractivity contribution in [3.05, 3.63) is 59.7 Å². The van der Waals surface area contributed by atoms with Gasteiger partial charge in [-0.1, -0.05) is 44.2 Å². The Labute approximate surface area is 178 Å². The molecule has 0 bridgehead atoms. The number of aryl methyl sites for hydroxylation is 1. The first-order chi connectivity index (χ1) is 14.4. The maximum atomic E-state index is 13.2. The molecule has 1 aliphatic heterocycles. The molecule has 1 saturated heterocycles. The number of nitrogens with one attached hydrogen (secondary N) is 1. The molecule has 1 aliphatic rings. The lowest BCUT2D eigenvalue weighted by atomic mass is 10.0. The number of benzene rings is 2. The molecule has 1 heterocycles. The number of rotatable bonds is 6. The van der Waals surface area contributed by atoms with Gasteiger partial charge in [0.1, 0.15) is 11.8 Å². The fraction of sp³-hybridized carbons (Fsp3) is 0.417. The van der Waals surface area contributed by atoms with E-state index in [1.807, 2.05) is 36.9 Å². The van der Waals surface area contributed by atoms with E-state index >= 15 is 0 Å². The van der Waals surface area contributed by atoms with Crippen LogP contribution in [-0.2, 0) is 4.79 Å². The van der Waals surface area contributed by atoms with Crippen LogP contribution in [0.5, 0.6) is 5.75 Å². The van der Waals surface area contributed by atoms with Gasteiger partial charge in [-0.15, -0.1) is 0 Å². The summed E-state index contributed by atoms with van der Waals surface area (Å²) in [5, 5.41) is 2.93. The quantitative estimate of drug-likeness (QED) is 0.796. The minimum absolute atomic E-state index is 0.0226. The molecule has 30 heavy (non-hydrogen) atoms. The van der Waals surface area contributed by atoms with Crippen LogP contribution < -0.4 is 15.0 Å². The average Bonchev–Trinajstić information content (AvgIpc) is 2.77. The third-order valence-corrected chi connectivity index (χ3v) is 5.62. The Balaban J connectivity index is 1.66. The number of anilines is 1. The lowest BCUT2D eigenvalue weighted by molar-refractivity contribution is -0.134. The number of para-hydroxylation sites is 2. The maximum absolute atomic E-state index is 13.2. The second-order valence-corrected chi connectivity index (χ2v) is 7.99. The highest BCUT2D eigenvalue weighted by Crippen LogP contribution is 2.22. The molecular weight excluding hydrogens is 378 g/mol. The summed E-state index contributed by atoms with van der Waals surface area (Å²) >= 11 is 0. The average molecular weight is 410 g/mol. The van der Waals surface area contributed by atoms with Crippen molar-refractivity contribution < 1.29 is 14.3 Å². The molecule has 0 spiro atoms. The summed E-state index contributed by atoms with van der Waals surface area (Å²) in [5.41, 5.74) is 2.89. The molecule has 2 aromatic rings. The van der Waals surface area contributed by atoms with Gasteiger partial charge in [0, 0.05) is 31.9 Å². The van der Waals surface area contributed by atoms with Crippen molar-refractivity contribution in [2.75, 3.05) is 38.2 Å². The van der Waals surface area contributed by atoms with Gasteiger partial charge in [-0.3, -0.25) is 9.59 Å². The monoisotopic (exact) mass is 409 g/mol. The van der Waals surface area contributed by atoms with Crippen molar-refractivity contribution in [2.45, 2.75) is 26.8 Å². The van der Waals surface area contributed by atoms with Crippen LogP contribution in [0, 0.1) is 12.8 Å². The van der Waals surface area contributed by atoms with Crippen LogP contribution in [0.4, 0.5) is 5.69 Å². The maximum Gasteiger partial charge on any atom is 0.255 e. The Kier molecular flexibility index (Phi) is 6.98. The number of methoxy groups -OCH3 is 1. The van der Waals surface area contributed by atoms with Crippen LogP contribution >= 0.6 is 0 Å². The number of carbonyl (C=O) groups is 2. The molecule has 1 atom stereocenters. The molecule has 3 rings (SSSR count). The first-order valence-electron chi connectivity index (χ1n) is 10.5. The van der Waals surface area contributed by atoms with Gasteiger partial charge in [-0.05, 0) is 36.6 Å². The van der Waals surface area contributed by atoms with E-state index in [2.05, 4.69) is 29.3 Å². The fourth-order valence-electron chi connectivity index (χ4n) is 3.85. The molecule has 0 aliphatic carbocycles. The predicted octanol–water partition coefficient (Wildman–Crippen LogP) is 3.11. The fourth-order valence-corrected chi connectivity index (χ4v) is 3.85. The number of hydrogen-bond acceptors (Lipinski definition) is 4. The minimum Gasteiger partial charge on any atom is -0.496 e. The topological polar surface area (TPSA) is 61.9 Å². The van der Waals surface area contributed by atoms with Crippen LogP contribution in [-0.4, -0.2) is 56.0 Å². The highest BCUT2D eigenvalue weighted by molar-refractivity contribution is 5.99. The largest absolute Gasteiger partial charge is 0.496 e. The van der Waals surface area contributed by atoms with Gasteiger partial charge in [-0.2, -0.15) is 0 Å². The summed E-state index contributed by atoms with van der Waals surface area (Å²) in [5.74, 6) is 0.151. The first kappa shape index (κ1) is 21.7. The Bertz CT molecular complexity index is 889. The van der Waals surface area contributed by atoms with Crippen molar-refractivity contribution in [3.8, 4) is 5.75 Å². The smallest absolute Gasteiger partial charge is 0.255 e. The Morgan fingerprint density at radius 2 is 1.60 bits per heavy atom. The zero-order chi connectivity index (χ0) is 21.7. The lowest BCUT2D eigenvalue weighted by Crippen LogP contribution is -2.56. The molecule has 1 N–H and O–H groups in total. The normalized spacial score (nSPS) is 15.1. The van der Waals surface area contributed by atoms with Gasteiger partial charge >= 0.3 is 0 Å². The van der Waals surface area contributed by atoms with Crippen molar-refractivity contribution in [2.24, 2.45) is 5.92 Å². The molecule has 160 valence electrons. The van der Waals surface area contributed by atoms with Crippen LogP contribution in [0.1, 0.15) is 29.8 Å². The van der Waals surface area contributed by atoms with Crippen molar-refractivity contribution >= 4 is 17.5 Å². The summed E-state index contributed by atoms with van der Waals surface area (Å²) in [7, 11) is 1.53. The van der Waals surface area contributed by atoms with Gasteiger partial charge in [0.05, 0.1) is 12.7 Å². The second kappa shape index (κ2) is 9.65. The third kappa shape index (κ3) is 4.75. The zero-order valence-electron chi connectivity index (χ0n) is 18.2. The van der Waals surface area contributed by atoms with E-state index in [0.717, 1.165) is 13.1 Å². The number of amides is 2. The highest BCUT2D eigenvalue weighted by atomic mass is 16.5. The van der Waals surface area contributed by atoms with Crippen LogP contribution in [0.25, 0.3) is 0 Å². The summed E-state index contributed by atoms with van der Waals surface area (Å²) in [6.45, 7) is 8.85. The summed E-state index contributed by atoms with van der Waals surface area (Å²) in [6, 6.07) is 14.8. The van der Waals surface area contributed by atoms with E-state index < -0.39 is 6.04 Å². The number of carbonyl (C=O) groups excluding carboxylic acids is 2. The first-order valence-corrected chi connectivity index (χ1v) is 10.5. The number of hydrogen-bond donors (Lipinski definition) is 1. The third-order valence-electron chi connectivity index (χ3n) is 5.62. The second-order valence-electron chi connectivity index (χ2n) is 7.99. The van der Waals surface area contributed by atoms with E-state index in [9.17, 15) is 9.59 Å². The molecule has 0 aromatic heterocycles. The van der Waals surface area contributed by atoms with E-state index in [1.54, 1.807) is 18.2 Å². The van der Waals surface area contributed by atoms with Crippen LogP contribution in [0.15, 0.2) is 48.5 Å². The Morgan fingerprint density at radius 3 is 2.23 bits per heavy atom. The summed E-state index contributed by atoms with van der Waals surface area (Å²) in [6.07, 6.45) is 0.